The number of benzene rings is 1. The highest BCUT2D eigenvalue weighted by molar-refractivity contribution is 5.97. The third kappa shape index (κ3) is 3.56. The lowest BCUT2D eigenvalue weighted by Gasteiger charge is -2.21. The van der Waals surface area contributed by atoms with Crippen LogP contribution in [0.4, 0.5) is 0 Å². The molecular formula is C15H20N2O2. The van der Waals surface area contributed by atoms with Crippen molar-refractivity contribution in [2.45, 2.75) is 39.0 Å². The molecule has 1 aliphatic carbocycles. The number of carbonyl (C=O) groups excluding carboxylic acids is 1. The van der Waals surface area contributed by atoms with Gasteiger partial charge in [-0.1, -0.05) is 25.5 Å². The zero-order chi connectivity index (χ0) is 13.7. The number of aromatic hydroxyl groups is 1. The zero-order valence-corrected chi connectivity index (χ0v) is 11.2. The predicted molar refractivity (Wildman–Crippen MR) is 75.3 cm³/mol. The Morgan fingerprint density at radius 1 is 1.37 bits per heavy atom. The molecule has 0 saturated heterocycles. The maximum Gasteiger partial charge on any atom is 0.275 e. The van der Waals surface area contributed by atoms with Crippen LogP contribution in [0.3, 0.4) is 0 Å². The Balaban J connectivity index is 1.92. The molecule has 0 bridgehead atoms. The molecule has 2 rings (SSSR count). The first kappa shape index (κ1) is 13.6. The molecular weight excluding hydrogens is 240 g/mol. The van der Waals surface area contributed by atoms with E-state index in [0.717, 1.165) is 37.3 Å². The minimum absolute atomic E-state index is 0.0186. The van der Waals surface area contributed by atoms with Crippen molar-refractivity contribution in [3.05, 3.63) is 29.8 Å². The van der Waals surface area contributed by atoms with Crippen molar-refractivity contribution in [1.29, 1.82) is 0 Å². The van der Waals surface area contributed by atoms with Gasteiger partial charge in [-0.25, -0.2) is 5.43 Å². The summed E-state index contributed by atoms with van der Waals surface area (Å²) in [6.07, 6.45) is 5.44. The summed E-state index contributed by atoms with van der Waals surface area (Å²) < 4.78 is 0. The van der Waals surface area contributed by atoms with Crippen molar-refractivity contribution >= 4 is 11.6 Å². The number of rotatable bonds is 3. The maximum absolute atomic E-state index is 11.9. The molecule has 0 spiro atoms. The van der Waals surface area contributed by atoms with Crippen LogP contribution in [0.15, 0.2) is 29.4 Å². The summed E-state index contributed by atoms with van der Waals surface area (Å²) in [7, 11) is 0. The Bertz CT molecular complexity index is 473. The molecule has 102 valence electrons. The second kappa shape index (κ2) is 6.36. The fraction of sp³-hybridized carbons (Fsp3) is 0.467. The number of amides is 1. The van der Waals surface area contributed by atoms with Gasteiger partial charge in [0.2, 0.25) is 0 Å². The largest absolute Gasteiger partial charge is 0.507 e. The lowest BCUT2D eigenvalue weighted by atomic mass is 9.86. The maximum atomic E-state index is 11.9. The first-order valence-corrected chi connectivity index (χ1v) is 6.84. The quantitative estimate of drug-likeness (QED) is 0.820. The van der Waals surface area contributed by atoms with Gasteiger partial charge in [-0.15, -0.1) is 0 Å². The molecule has 1 aliphatic rings. The second-order valence-electron chi connectivity index (χ2n) is 4.99. The molecule has 0 atom stereocenters. The first-order valence-electron chi connectivity index (χ1n) is 6.84. The number of phenolic OH excluding ortho intramolecular Hbond substituents is 1. The Morgan fingerprint density at radius 2 is 2.05 bits per heavy atom. The molecule has 0 heterocycles. The van der Waals surface area contributed by atoms with Gasteiger partial charge in [0, 0.05) is 5.71 Å². The smallest absolute Gasteiger partial charge is 0.275 e. The molecule has 0 aliphatic heterocycles. The zero-order valence-electron chi connectivity index (χ0n) is 11.2. The van der Waals surface area contributed by atoms with E-state index >= 15 is 0 Å². The second-order valence-corrected chi connectivity index (χ2v) is 4.99. The Hall–Kier alpha value is -1.84. The van der Waals surface area contributed by atoms with Crippen molar-refractivity contribution in [3.8, 4) is 5.75 Å². The minimum Gasteiger partial charge on any atom is -0.507 e. The topological polar surface area (TPSA) is 61.7 Å². The number of hydrogen-bond acceptors (Lipinski definition) is 3. The van der Waals surface area contributed by atoms with Gasteiger partial charge in [0.05, 0.1) is 5.56 Å². The van der Waals surface area contributed by atoms with Crippen molar-refractivity contribution in [2.24, 2.45) is 11.0 Å². The summed E-state index contributed by atoms with van der Waals surface area (Å²) in [6.45, 7) is 2.22. The number of phenols is 1. The summed E-state index contributed by atoms with van der Waals surface area (Å²) in [4.78, 5) is 11.9. The van der Waals surface area contributed by atoms with Crippen LogP contribution < -0.4 is 5.43 Å². The van der Waals surface area contributed by atoms with E-state index in [0.29, 0.717) is 0 Å². The Morgan fingerprint density at radius 3 is 2.68 bits per heavy atom. The molecule has 19 heavy (non-hydrogen) atoms. The summed E-state index contributed by atoms with van der Waals surface area (Å²) >= 11 is 0. The number of hydrogen-bond donors (Lipinski definition) is 2. The van der Waals surface area contributed by atoms with E-state index in [4.69, 9.17) is 0 Å². The van der Waals surface area contributed by atoms with Gasteiger partial charge in [-0.2, -0.15) is 5.10 Å². The normalized spacial score (nSPS) is 19.0. The third-order valence-corrected chi connectivity index (χ3v) is 3.72. The van der Waals surface area contributed by atoms with Crippen LogP contribution in [-0.4, -0.2) is 16.7 Å². The van der Waals surface area contributed by atoms with Crippen LogP contribution in [-0.2, 0) is 0 Å². The SMILES string of the molecule is CCC1CCC(=NNC(=O)c2ccccc2O)CC1. The minimum atomic E-state index is -0.358. The predicted octanol–water partition coefficient (Wildman–Crippen LogP) is 3.08. The highest BCUT2D eigenvalue weighted by atomic mass is 16.3. The van der Waals surface area contributed by atoms with Gasteiger partial charge in [0.1, 0.15) is 5.75 Å². The van der Waals surface area contributed by atoms with Crippen LogP contribution >= 0.6 is 0 Å². The summed E-state index contributed by atoms with van der Waals surface area (Å²) in [5.74, 6) is 0.422. The fourth-order valence-corrected chi connectivity index (χ4v) is 2.39. The molecule has 0 aromatic heterocycles. The number of carbonyl (C=O) groups is 1. The average Bonchev–Trinajstić information content (AvgIpc) is 2.46. The van der Waals surface area contributed by atoms with Crippen LogP contribution in [0.2, 0.25) is 0 Å². The van der Waals surface area contributed by atoms with Gasteiger partial charge in [0.25, 0.3) is 5.91 Å². The number of hydrazone groups is 1. The monoisotopic (exact) mass is 260 g/mol. The molecule has 1 saturated carbocycles. The van der Waals surface area contributed by atoms with E-state index in [1.54, 1.807) is 18.2 Å². The van der Waals surface area contributed by atoms with Crippen LogP contribution in [0.25, 0.3) is 0 Å². The highest BCUT2D eigenvalue weighted by Gasteiger charge is 2.16. The molecule has 1 amide bonds. The van der Waals surface area contributed by atoms with E-state index in [-0.39, 0.29) is 17.2 Å². The Labute approximate surface area is 113 Å². The van der Waals surface area contributed by atoms with Crippen molar-refractivity contribution in [1.82, 2.24) is 5.43 Å². The van der Waals surface area contributed by atoms with Gasteiger partial charge >= 0.3 is 0 Å². The number of nitrogens with zero attached hydrogens (tertiary/aromatic N) is 1. The first-order chi connectivity index (χ1) is 9.20. The van der Waals surface area contributed by atoms with Crippen LogP contribution in [0.1, 0.15) is 49.4 Å². The molecule has 1 aromatic rings. The van der Waals surface area contributed by atoms with E-state index < -0.39 is 0 Å². The molecule has 0 unspecified atom stereocenters. The van der Waals surface area contributed by atoms with Crippen molar-refractivity contribution < 1.29 is 9.90 Å². The van der Waals surface area contributed by atoms with E-state index in [1.807, 2.05) is 0 Å². The van der Waals surface area contributed by atoms with E-state index in [9.17, 15) is 9.90 Å². The number of nitrogens with one attached hydrogen (secondary N) is 1. The molecule has 4 heteroatoms. The molecule has 1 fully saturated rings. The summed E-state index contributed by atoms with van der Waals surface area (Å²) in [5.41, 5.74) is 3.84. The van der Waals surface area contributed by atoms with E-state index in [2.05, 4.69) is 17.5 Å². The fourth-order valence-electron chi connectivity index (χ4n) is 2.39. The van der Waals surface area contributed by atoms with Gasteiger partial charge in [0.15, 0.2) is 0 Å². The standard InChI is InChI=1S/C15H20N2O2/c1-2-11-7-9-12(10-8-11)16-17-15(19)13-5-3-4-6-14(13)18/h3-6,11,18H,2,7-10H2,1H3,(H,17,19). The van der Waals surface area contributed by atoms with Gasteiger partial charge in [-0.3, -0.25) is 4.79 Å². The van der Waals surface area contributed by atoms with Crippen molar-refractivity contribution in [2.75, 3.05) is 0 Å². The highest BCUT2D eigenvalue weighted by Crippen LogP contribution is 2.24. The summed E-state index contributed by atoms with van der Waals surface area (Å²) in [5, 5.41) is 13.8. The molecule has 4 nitrogen and oxygen atoms in total. The average molecular weight is 260 g/mol. The van der Waals surface area contributed by atoms with Crippen LogP contribution in [0.5, 0.6) is 5.75 Å². The van der Waals surface area contributed by atoms with Gasteiger partial charge in [-0.05, 0) is 43.7 Å². The summed E-state index contributed by atoms with van der Waals surface area (Å²) in [6, 6.07) is 6.48. The molecule has 0 radical (unpaired) electrons. The van der Waals surface area contributed by atoms with Gasteiger partial charge < -0.3 is 5.11 Å². The van der Waals surface area contributed by atoms with E-state index in [1.165, 1.54) is 12.5 Å². The third-order valence-electron chi connectivity index (χ3n) is 3.72. The van der Waals surface area contributed by atoms with Crippen LogP contribution in [0, 0.1) is 5.92 Å². The lowest BCUT2D eigenvalue weighted by Crippen LogP contribution is -2.22. The molecule has 2 N–H and O–H groups in total. The lowest BCUT2D eigenvalue weighted by molar-refractivity contribution is 0.0952. The number of para-hydroxylation sites is 1. The molecule has 1 aromatic carbocycles. The van der Waals surface area contributed by atoms with Crippen molar-refractivity contribution in [3.63, 3.8) is 0 Å². The Kier molecular flexibility index (Phi) is 4.55.